The minimum absolute atomic E-state index is 0.0821. The molecule has 6 heteroatoms. The Balaban J connectivity index is 2.37. The largest absolute Gasteiger partial charge is 0.337 e. The molecule has 0 aliphatic carbocycles. The fraction of sp³-hybridized carbons (Fsp3) is 0.154. The van der Waals surface area contributed by atoms with Gasteiger partial charge in [0.15, 0.2) is 23.3 Å². The first-order chi connectivity index (χ1) is 9.01. The Morgan fingerprint density at radius 2 is 1.74 bits per heavy atom. The molecule has 1 aromatic carbocycles. The summed E-state index contributed by atoms with van der Waals surface area (Å²) < 4.78 is 26.9. The first-order valence-electron chi connectivity index (χ1n) is 5.68. The van der Waals surface area contributed by atoms with Crippen molar-refractivity contribution < 1.29 is 8.78 Å². The summed E-state index contributed by atoms with van der Waals surface area (Å²) in [5.74, 6) is 3.19. The summed E-state index contributed by atoms with van der Waals surface area (Å²) in [6.45, 7) is 3.85. The van der Waals surface area contributed by atoms with E-state index in [0.717, 1.165) is 17.2 Å². The van der Waals surface area contributed by atoms with E-state index in [1.54, 1.807) is 0 Å². The lowest BCUT2D eigenvalue weighted by molar-refractivity contribution is 0.579. The molecule has 1 heterocycles. The van der Waals surface area contributed by atoms with Crippen LogP contribution in [0.1, 0.15) is 11.1 Å². The zero-order valence-corrected chi connectivity index (χ0v) is 10.6. The van der Waals surface area contributed by atoms with Crippen molar-refractivity contribution in [3.05, 3.63) is 47.0 Å². The number of aromatic nitrogens is 1. The summed E-state index contributed by atoms with van der Waals surface area (Å²) in [7, 11) is 0. The number of rotatable bonds is 3. The number of hydrazine groups is 1. The van der Waals surface area contributed by atoms with Crippen LogP contribution in [0.4, 0.5) is 26.1 Å². The van der Waals surface area contributed by atoms with Crippen LogP contribution in [-0.4, -0.2) is 4.98 Å². The minimum atomic E-state index is -0.842. The number of hydrogen-bond donors (Lipinski definition) is 3. The van der Waals surface area contributed by atoms with Gasteiger partial charge < -0.3 is 10.7 Å². The Kier molecular flexibility index (Phi) is 3.62. The maximum Gasteiger partial charge on any atom is 0.178 e. The second-order valence-corrected chi connectivity index (χ2v) is 4.24. The molecule has 0 saturated heterocycles. The first kappa shape index (κ1) is 13.2. The predicted molar refractivity (Wildman–Crippen MR) is 71.2 cm³/mol. The standard InChI is InChI=1S/C13H14F2N4/c1-7-3-4-11(8(2)5-7)17-12-9(14)6-10(15)13(18-12)19-16/h3-6H,16H2,1-2H3,(H2,17,18,19). The molecule has 2 aromatic rings. The Morgan fingerprint density at radius 3 is 2.37 bits per heavy atom. The van der Waals surface area contributed by atoms with Gasteiger partial charge in [0.05, 0.1) is 0 Å². The van der Waals surface area contributed by atoms with Crippen LogP contribution in [0.15, 0.2) is 24.3 Å². The highest BCUT2D eigenvalue weighted by molar-refractivity contribution is 5.62. The van der Waals surface area contributed by atoms with E-state index in [9.17, 15) is 8.78 Å². The van der Waals surface area contributed by atoms with Crippen LogP contribution in [0.3, 0.4) is 0 Å². The average molecular weight is 264 g/mol. The molecule has 0 aliphatic rings. The van der Waals surface area contributed by atoms with Crippen molar-refractivity contribution in [2.45, 2.75) is 13.8 Å². The van der Waals surface area contributed by atoms with Gasteiger partial charge in [-0.2, -0.15) is 0 Å². The highest BCUT2D eigenvalue weighted by Gasteiger charge is 2.12. The molecular weight excluding hydrogens is 250 g/mol. The molecule has 0 bridgehead atoms. The molecule has 4 N–H and O–H groups in total. The van der Waals surface area contributed by atoms with Gasteiger partial charge in [0.1, 0.15) is 0 Å². The number of hydrogen-bond acceptors (Lipinski definition) is 4. The fourth-order valence-electron chi connectivity index (χ4n) is 1.74. The molecule has 0 fully saturated rings. The van der Waals surface area contributed by atoms with E-state index >= 15 is 0 Å². The second-order valence-electron chi connectivity index (χ2n) is 4.24. The minimum Gasteiger partial charge on any atom is -0.337 e. The van der Waals surface area contributed by atoms with Crippen LogP contribution in [-0.2, 0) is 0 Å². The lowest BCUT2D eigenvalue weighted by atomic mass is 10.1. The number of halogens is 2. The van der Waals surface area contributed by atoms with E-state index in [1.807, 2.05) is 32.0 Å². The Morgan fingerprint density at radius 1 is 1.05 bits per heavy atom. The molecule has 19 heavy (non-hydrogen) atoms. The smallest absolute Gasteiger partial charge is 0.178 e. The van der Waals surface area contributed by atoms with Gasteiger partial charge >= 0.3 is 0 Å². The van der Waals surface area contributed by atoms with Gasteiger partial charge in [-0.1, -0.05) is 17.7 Å². The van der Waals surface area contributed by atoms with Crippen LogP contribution in [0.2, 0.25) is 0 Å². The lowest BCUT2D eigenvalue weighted by Gasteiger charge is -2.11. The molecular formula is C13H14F2N4. The maximum absolute atomic E-state index is 13.6. The van der Waals surface area contributed by atoms with Crippen molar-refractivity contribution >= 4 is 17.3 Å². The first-order valence-corrected chi connectivity index (χ1v) is 5.68. The van der Waals surface area contributed by atoms with Crippen LogP contribution in [0, 0.1) is 25.5 Å². The lowest BCUT2D eigenvalue weighted by Crippen LogP contribution is -2.12. The summed E-state index contributed by atoms with van der Waals surface area (Å²) >= 11 is 0. The Bertz CT molecular complexity index is 614. The normalized spacial score (nSPS) is 10.4. The molecule has 4 nitrogen and oxygen atoms in total. The maximum atomic E-state index is 13.6. The second kappa shape index (κ2) is 5.19. The molecule has 2 rings (SSSR count). The zero-order chi connectivity index (χ0) is 14.0. The van der Waals surface area contributed by atoms with E-state index in [2.05, 4.69) is 15.7 Å². The van der Waals surface area contributed by atoms with Crippen LogP contribution in [0.5, 0.6) is 0 Å². The molecule has 0 aliphatic heterocycles. The molecule has 0 radical (unpaired) electrons. The highest BCUT2D eigenvalue weighted by atomic mass is 19.1. The molecule has 0 saturated carbocycles. The number of nitrogens with two attached hydrogens (primary N) is 1. The van der Waals surface area contributed by atoms with E-state index < -0.39 is 11.6 Å². The zero-order valence-electron chi connectivity index (χ0n) is 10.6. The number of anilines is 3. The molecule has 0 spiro atoms. The van der Waals surface area contributed by atoms with Gasteiger partial charge in [-0.3, -0.25) is 0 Å². The topological polar surface area (TPSA) is 63.0 Å². The predicted octanol–water partition coefficient (Wildman–Crippen LogP) is 3.01. The number of aryl methyl sites for hydroxylation is 2. The van der Waals surface area contributed by atoms with Crippen molar-refractivity contribution in [1.29, 1.82) is 0 Å². The summed E-state index contributed by atoms with van der Waals surface area (Å²) in [6.07, 6.45) is 0. The highest BCUT2D eigenvalue weighted by Crippen LogP contribution is 2.24. The van der Waals surface area contributed by atoms with Crippen molar-refractivity contribution in [1.82, 2.24) is 4.98 Å². The molecule has 1 aromatic heterocycles. The third-order valence-electron chi connectivity index (χ3n) is 2.70. The van der Waals surface area contributed by atoms with Crippen LogP contribution in [0.25, 0.3) is 0 Å². The van der Waals surface area contributed by atoms with Gasteiger partial charge in [-0.05, 0) is 25.5 Å². The van der Waals surface area contributed by atoms with Crippen molar-refractivity contribution in [3.63, 3.8) is 0 Å². The molecule has 0 unspecified atom stereocenters. The van der Waals surface area contributed by atoms with Gasteiger partial charge in [0, 0.05) is 11.8 Å². The summed E-state index contributed by atoms with van der Waals surface area (Å²) in [5, 5.41) is 2.82. The van der Waals surface area contributed by atoms with E-state index in [0.29, 0.717) is 5.69 Å². The third-order valence-corrected chi connectivity index (χ3v) is 2.70. The van der Waals surface area contributed by atoms with Crippen molar-refractivity contribution in [2.24, 2.45) is 5.84 Å². The molecule has 0 amide bonds. The Hall–Kier alpha value is -2.21. The number of benzene rings is 1. The van der Waals surface area contributed by atoms with Crippen molar-refractivity contribution in [2.75, 3.05) is 10.7 Å². The summed E-state index contributed by atoms with van der Waals surface area (Å²) in [4.78, 5) is 3.75. The third kappa shape index (κ3) is 2.79. The molecule has 100 valence electrons. The quantitative estimate of drug-likeness (QED) is 0.589. The SMILES string of the molecule is Cc1ccc(Nc2nc(NN)c(F)cc2F)c(C)c1. The molecule has 0 atom stereocenters. The van der Waals surface area contributed by atoms with Crippen LogP contribution >= 0.6 is 0 Å². The average Bonchev–Trinajstić information content (AvgIpc) is 2.35. The van der Waals surface area contributed by atoms with E-state index in [1.165, 1.54) is 0 Å². The van der Waals surface area contributed by atoms with Crippen molar-refractivity contribution in [3.8, 4) is 0 Å². The van der Waals surface area contributed by atoms with Gasteiger partial charge in [0.2, 0.25) is 0 Å². The number of pyridine rings is 1. The Labute approximate surface area is 109 Å². The van der Waals surface area contributed by atoms with Crippen LogP contribution < -0.4 is 16.6 Å². The van der Waals surface area contributed by atoms with Gasteiger partial charge in [-0.25, -0.2) is 19.6 Å². The van der Waals surface area contributed by atoms with E-state index in [4.69, 9.17) is 5.84 Å². The number of nitrogen functional groups attached to an aromatic ring is 1. The summed E-state index contributed by atoms with van der Waals surface area (Å²) in [6, 6.07) is 6.38. The van der Waals surface area contributed by atoms with E-state index in [-0.39, 0.29) is 11.6 Å². The van der Waals surface area contributed by atoms with Gasteiger partial charge in [-0.15, -0.1) is 0 Å². The van der Waals surface area contributed by atoms with Gasteiger partial charge in [0.25, 0.3) is 0 Å². The number of nitrogens with zero attached hydrogens (tertiary/aromatic N) is 1. The monoisotopic (exact) mass is 264 g/mol. The summed E-state index contributed by atoms with van der Waals surface area (Å²) in [5.41, 5.74) is 4.82. The fourth-order valence-corrected chi connectivity index (χ4v) is 1.74. The number of nitrogens with one attached hydrogen (secondary N) is 2.